The minimum absolute atomic E-state index is 0.113. The maximum absolute atomic E-state index is 11.4. The van der Waals surface area contributed by atoms with Crippen molar-refractivity contribution in [2.24, 2.45) is 5.92 Å². The Kier molecular flexibility index (Phi) is 4.39. The Balaban J connectivity index is 1.48. The number of rotatable bonds is 4. The van der Waals surface area contributed by atoms with Crippen LogP contribution in [0.5, 0.6) is 0 Å². The largest absolute Gasteiger partial charge is 0.481 e. The molecule has 1 fully saturated rings. The number of aromatic nitrogens is 7. The van der Waals surface area contributed by atoms with Gasteiger partial charge in [-0.2, -0.15) is 10.2 Å². The van der Waals surface area contributed by atoms with Crippen molar-refractivity contribution < 1.29 is 9.90 Å². The minimum Gasteiger partial charge on any atom is -0.481 e. The summed E-state index contributed by atoms with van der Waals surface area (Å²) in [6, 6.07) is 8.16. The fraction of sp³-hybridized carbons (Fsp3) is 0.261. The van der Waals surface area contributed by atoms with E-state index in [9.17, 15) is 9.90 Å². The molecule has 10 heteroatoms. The van der Waals surface area contributed by atoms with Crippen molar-refractivity contribution in [3.05, 3.63) is 48.8 Å². The van der Waals surface area contributed by atoms with Gasteiger partial charge in [0.2, 0.25) is 0 Å². The van der Waals surface area contributed by atoms with Crippen LogP contribution in [-0.2, 0) is 4.79 Å². The standard InChI is InChI=1S/C23H22N8O2/c24-21-20-19(17-8-14-2-1-3-16(18(14)29-17)15-9-26-27-10-15)30-22(31(20)28-11-25-21)12-4-6-13(7-5-12)23(32)33/h1-3,8-13,29H,4-7H2,(H,26,27)(H,32,33)(H2,24,25,28). The molecule has 33 heavy (non-hydrogen) atoms. The zero-order valence-corrected chi connectivity index (χ0v) is 17.7. The molecule has 5 aromatic rings. The molecule has 4 heterocycles. The van der Waals surface area contributed by atoms with Gasteiger partial charge in [0.15, 0.2) is 5.82 Å². The van der Waals surface area contributed by atoms with Gasteiger partial charge in [0, 0.05) is 28.6 Å². The third-order valence-corrected chi connectivity index (χ3v) is 6.65. The number of aliphatic carboxylic acids is 1. The van der Waals surface area contributed by atoms with Crippen LogP contribution < -0.4 is 5.73 Å². The number of anilines is 1. The van der Waals surface area contributed by atoms with Gasteiger partial charge in [-0.25, -0.2) is 14.5 Å². The summed E-state index contributed by atoms with van der Waals surface area (Å²) in [6.45, 7) is 0. The molecule has 0 saturated heterocycles. The number of carboxylic acids is 1. The smallest absolute Gasteiger partial charge is 0.306 e. The molecule has 1 aliphatic carbocycles. The van der Waals surface area contributed by atoms with Crippen LogP contribution in [-0.4, -0.2) is 45.8 Å². The molecule has 1 saturated carbocycles. The van der Waals surface area contributed by atoms with E-state index in [1.165, 1.54) is 6.33 Å². The average molecular weight is 442 g/mol. The van der Waals surface area contributed by atoms with E-state index in [4.69, 9.17) is 10.7 Å². The molecule has 4 aromatic heterocycles. The van der Waals surface area contributed by atoms with Crippen LogP contribution in [0.25, 0.3) is 38.9 Å². The van der Waals surface area contributed by atoms with Crippen molar-refractivity contribution >= 4 is 28.2 Å². The van der Waals surface area contributed by atoms with Gasteiger partial charge < -0.3 is 15.8 Å². The van der Waals surface area contributed by atoms with Crippen molar-refractivity contribution in [3.8, 4) is 22.5 Å². The number of fused-ring (bicyclic) bond motifs is 2. The molecule has 0 bridgehead atoms. The summed E-state index contributed by atoms with van der Waals surface area (Å²) >= 11 is 0. The zero-order valence-electron chi connectivity index (χ0n) is 17.7. The molecule has 10 nitrogen and oxygen atoms in total. The summed E-state index contributed by atoms with van der Waals surface area (Å²) in [7, 11) is 0. The van der Waals surface area contributed by atoms with E-state index >= 15 is 0 Å². The third kappa shape index (κ3) is 3.13. The van der Waals surface area contributed by atoms with E-state index in [0.29, 0.717) is 29.9 Å². The van der Waals surface area contributed by atoms with Gasteiger partial charge >= 0.3 is 5.97 Å². The molecule has 166 valence electrons. The fourth-order valence-electron chi connectivity index (χ4n) is 4.95. The van der Waals surface area contributed by atoms with Crippen molar-refractivity contribution in [2.45, 2.75) is 31.6 Å². The lowest BCUT2D eigenvalue weighted by atomic mass is 9.82. The van der Waals surface area contributed by atoms with Crippen LogP contribution >= 0.6 is 0 Å². The number of aromatic amines is 2. The maximum Gasteiger partial charge on any atom is 0.306 e. The first-order valence-corrected chi connectivity index (χ1v) is 10.9. The molecule has 6 rings (SSSR count). The van der Waals surface area contributed by atoms with Crippen LogP contribution in [0.3, 0.4) is 0 Å². The number of H-pyrrole nitrogens is 2. The van der Waals surface area contributed by atoms with Crippen LogP contribution in [0.15, 0.2) is 43.0 Å². The van der Waals surface area contributed by atoms with Gasteiger partial charge in [0.25, 0.3) is 0 Å². The van der Waals surface area contributed by atoms with Crippen molar-refractivity contribution in [3.63, 3.8) is 0 Å². The second-order valence-electron chi connectivity index (χ2n) is 8.55. The van der Waals surface area contributed by atoms with E-state index in [1.54, 1.807) is 10.7 Å². The fourth-order valence-corrected chi connectivity index (χ4v) is 4.95. The van der Waals surface area contributed by atoms with Gasteiger partial charge in [-0.15, -0.1) is 0 Å². The SMILES string of the molecule is Nc1ncnn2c(C3CCC(C(=O)O)CC3)nc(-c3cc4cccc(-c5cn[nH]c5)c4[nH]3)c12. The second kappa shape index (κ2) is 7.44. The van der Waals surface area contributed by atoms with Gasteiger partial charge in [-0.3, -0.25) is 9.89 Å². The number of nitrogen functional groups attached to an aromatic ring is 1. The second-order valence-corrected chi connectivity index (χ2v) is 8.55. The highest BCUT2D eigenvalue weighted by Crippen LogP contribution is 2.39. The number of carbonyl (C=O) groups is 1. The van der Waals surface area contributed by atoms with E-state index < -0.39 is 5.97 Å². The van der Waals surface area contributed by atoms with Crippen LogP contribution in [0, 0.1) is 5.92 Å². The molecule has 0 radical (unpaired) electrons. The first-order chi connectivity index (χ1) is 16.1. The molecule has 0 unspecified atom stereocenters. The third-order valence-electron chi connectivity index (χ3n) is 6.65. The lowest BCUT2D eigenvalue weighted by Crippen LogP contribution is -2.21. The molecule has 5 N–H and O–H groups in total. The molecule has 0 aliphatic heterocycles. The van der Waals surface area contributed by atoms with Gasteiger partial charge in [0.05, 0.1) is 23.3 Å². The monoisotopic (exact) mass is 442 g/mol. The van der Waals surface area contributed by atoms with Crippen LogP contribution in [0.4, 0.5) is 5.82 Å². The number of nitrogens with one attached hydrogen (secondary N) is 2. The Bertz CT molecular complexity index is 1480. The van der Waals surface area contributed by atoms with Crippen molar-refractivity contribution in [1.29, 1.82) is 0 Å². The molecule has 1 aromatic carbocycles. The predicted octanol–water partition coefficient (Wildman–Crippen LogP) is 3.60. The molecule has 0 spiro atoms. The van der Waals surface area contributed by atoms with Gasteiger partial charge in [-0.1, -0.05) is 18.2 Å². The number of nitrogens with zero attached hydrogens (tertiary/aromatic N) is 5. The minimum atomic E-state index is -0.722. The quantitative estimate of drug-likeness (QED) is 0.332. The Morgan fingerprint density at radius 1 is 1.21 bits per heavy atom. The van der Waals surface area contributed by atoms with Gasteiger partial charge in [0.1, 0.15) is 23.4 Å². The highest BCUT2D eigenvalue weighted by molar-refractivity contribution is 5.98. The zero-order chi connectivity index (χ0) is 22.5. The van der Waals surface area contributed by atoms with Crippen molar-refractivity contribution in [1.82, 2.24) is 34.8 Å². The summed E-state index contributed by atoms with van der Waals surface area (Å²) in [6.07, 6.45) is 7.84. The number of nitrogens with two attached hydrogens (primary N) is 1. The Morgan fingerprint density at radius 2 is 2.06 bits per heavy atom. The van der Waals surface area contributed by atoms with E-state index in [0.717, 1.165) is 46.4 Å². The molecule has 0 atom stereocenters. The summed E-state index contributed by atoms with van der Waals surface area (Å²) in [4.78, 5) is 24.1. The van der Waals surface area contributed by atoms with Gasteiger partial charge in [-0.05, 0) is 31.7 Å². The Labute approximate surface area is 187 Å². The maximum atomic E-state index is 11.4. The first kappa shape index (κ1) is 19.5. The number of para-hydroxylation sites is 1. The topological polar surface area (TPSA) is 151 Å². The predicted molar refractivity (Wildman–Crippen MR) is 122 cm³/mol. The molecular weight excluding hydrogens is 420 g/mol. The van der Waals surface area contributed by atoms with Crippen LogP contribution in [0.1, 0.15) is 37.4 Å². The summed E-state index contributed by atoms with van der Waals surface area (Å²) in [5.74, 6) is 0.252. The number of hydrogen-bond donors (Lipinski definition) is 4. The number of carboxylic acid groups (broad SMARTS) is 1. The lowest BCUT2D eigenvalue weighted by molar-refractivity contribution is -0.142. The summed E-state index contributed by atoms with van der Waals surface area (Å²) in [5, 5.41) is 21.8. The Morgan fingerprint density at radius 3 is 2.82 bits per heavy atom. The van der Waals surface area contributed by atoms with Crippen molar-refractivity contribution in [2.75, 3.05) is 5.73 Å². The van der Waals surface area contributed by atoms with E-state index in [1.807, 2.05) is 24.4 Å². The number of imidazole rings is 1. The average Bonchev–Trinajstić information content (AvgIpc) is 3.57. The highest BCUT2D eigenvalue weighted by atomic mass is 16.4. The van der Waals surface area contributed by atoms with E-state index in [-0.39, 0.29) is 11.8 Å². The first-order valence-electron chi connectivity index (χ1n) is 10.9. The Hall–Kier alpha value is -4.21. The summed E-state index contributed by atoms with van der Waals surface area (Å²) < 4.78 is 1.77. The molecule has 1 aliphatic rings. The summed E-state index contributed by atoms with van der Waals surface area (Å²) in [5.41, 5.74) is 11.5. The molecular formula is C23H22N8O2. The lowest BCUT2D eigenvalue weighted by Gasteiger charge is -2.24. The normalized spacial score (nSPS) is 18.8. The van der Waals surface area contributed by atoms with E-state index in [2.05, 4.69) is 31.3 Å². The molecule has 0 amide bonds. The number of hydrogen-bond acceptors (Lipinski definition) is 6. The highest BCUT2D eigenvalue weighted by Gasteiger charge is 2.31. The number of benzene rings is 1. The van der Waals surface area contributed by atoms with Crippen LogP contribution in [0.2, 0.25) is 0 Å².